The fourth-order valence-corrected chi connectivity index (χ4v) is 2.00. The summed E-state index contributed by atoms with van der Waals surface area (Å²) in [5, 5.41) is 11.2. The van der Waals surface area contributed by atoms with Gasteiger partial charge in [-0.15, -0.1) is 0 Å². The lowest BCUT2D eigenvalue weighted by Gasteiger charge is -2.06. The first-order chi connectivity index (χ1) is 8.17. The molecule has 98 valence electrons. The molecule has 0 aliphatic heterocycles. The van der Waals surface area contributed by atoms with Gasteiger partial charge in [0.05, 0.1) is 5.56 Å². The minimum absolute atomic E-state index is 0.0999. The fourth-order valence-electron chi connectivity index (χ4n) is 1.22. The molecule has 0 spiro atoms. The number of halogens is 1. The largest absolute Gasteiger partial charge is 0.478 e. The normalized spacial score (nSPS) is 11.0. The highest BCUT2D eigenvalue weighted by Crippen LogP contribution is 2.19. The van der Waals surface area contributed by atoms with Crippen LogP contribution in [-0.2, 0) is 14.6 Å². The van der Waals surface area contributed by atoms with Gasteiger partial charge in [-0.1, -0.05) is 11.6 Å². The number of carbonyl (C=O) groups excluding carboxylic acids is 1. The summed E-state index contributed by atoms with van der Waals surface area (Å²) < 4.78 is 21.8. The van der Waals surface area contributed by atoms with E-state index in [1.807, 2.05) is 0 Å². The molecule has 8 heteroatoms. The Morgan fingerprint density at radius 1 is 1.33 bits per heavy atom. The number of aromatic carboxylic acids is 1. The summed E-state index contributed by atoms with van der Waals surface area (Å²) in [6, 6.07) is 3.73. The maximum atomic E-state index is 11.3. The number of amides is 1. The number of sulfone groups is 1. The minimum atomic E-state index is -3.44. The Kier molecular flexibility index (Phi) is 4.31. The number of benzene rings is 1. The Morgan fingerprint density at radius 2 is 1.94 bits per heavy atom. The summed E-state index contributed by atoms with van der Waals surface area (Å²) in [6.45, 7) is 0. The molecule has 0 aliphatic rings. The van der Waals surface area contributed by atoms with E-state index in [0.29, 0.717) is 0 Å². The molecule has 1 amide bonds. The minimum Gasteiger partial charge on any atom is -0.478 e. The van der Waals surface area contributed by atoms with Gasteiger partial charge in [0.25, 0.3) is 0 Å². The van der Waals surface area contributed by atoms with Gasteiger partial charge in [0.1, 0.15) is 5.75 Å². The van der Waals surface area contributed by atoms with E-state index in [0.717, 1.165) is 6.26 Å². The van der Waals surface area contributed by atoms with Crippen LogP contribution < -0.4 is 5.32 Å². The predicted octanol–water partition coefficient (Wildman–Crippen LogP) is 1.02. The molecule has 0 bridgehead atoms. The van der Waals surface area contributed by atoms with Crippen LogP contribution >= 0.6 is 11.6 Å². The van der Waals surface area contributed by atoms with E-state index in [-0.39, 0.29) is 16.3 Å². The van der Waals surface area contributed by atoms with Crippen LogP contribution in [-0.4, -0.2) is 37.4 Å². The molecule has 0 radical (unpaired) electrons. The molecule has 0 unspecified atom stereocenters. The van der Waals surface area contributed by atoms with Gasteiger partial charge in [0.15, 0.2) is 9.84 Å². The average Bonchev–Trinajstić information content (AvgIpc) is 2.12. The highest BCUT2D eigenvalue weighted by Gasteiger charge is 2.12. The summed E-state index contributed by atoms with van der Waals surface area (Å²) in [7, 11) is -3.44. The molecule has 1 aromatic rings. The Labute approximate surface area is 108 Å². The lowest BCUT2D eigenvalue weighted by molar-refractivity contribution is -0.113. The van der Waals surface area contributed by atoms with Crippen LogP contribution in [0.2, 0.25) is 5.02 Å². The lowest BCUT2D eigenvalue weighted by atomic mass is 10.2. The molecular weight excluding hydrogens is 282 g/mol. The Balaban J connectivity index is 2.91. The van der Waals surface area contributed by atoms with E-state index in [4.69, 9.17) is 16.7 Å². The van der Waals surface area contributed by atoms with Crippen LogP contribution in [0.25, 0.3) is 0 Å². The highest BCUT2D eigenvalue weighted by molar-refractivity contribution is 7.91. The highest BCUT2D eigenvalue weighted by atomic mass is 35.5. The third-order valence-electron chi connectivity index (χ3n) is 1.82. The zero-order chi connectivity index (χ0) is 13.9. The fraction of sp³-hybridized carbons (Fsp3) is 0.200. The van der Waals surface area contributed by atoms with E-state index < -0.39 is 27.5 Å². The van der Waals surface area contributed by atoms with Crippen LogP contribution in [0.1, 0.15) is 10.4 Å². The molecule has 0 saturated heterocycles. The topological polar surface area (TPSA) is 101 Å². The maximum Gasteiger partial charge on any atom is 0.335 e. The molecule has 1 rings (SSSR count). The third kappa shape index (κ3) is 4.72. The smallest absolute Gasteiger partial charge is 0.335 e. The van der Waals surface area contributed by atoms with Crippen molar-refractivity contribution in [3.05, 3.63) is 28.8 Å². The number of hydrogen-bond acceptors (Lipinski definition) is 4. The van der Waals surface area contributed by atoms with Crippen molar-refractivity contribution in [2.75, 3.05) is 17.3 Å². The van der Waals surface area contributed by atoms with Gasteiger partial charge >= 0.3 is 5.97 Å². The number of carbonyl (C=O) groups is 2. The van der Waals surface area contributed by atoms with Crippen molar-refractivity contribution in [1.82, 2.24) is 0 Å². The monoisotopic (exact) mass is 291 g/mol. The Hall–Kier alpha value is -1.60. The molecule has 0 aromatic heterocycles. The first-order valence-corrected chi connectivity index (χ1v) is 7.13. The molecule has 18 heavy (non-hydrogen) atoms. The number of nitrogens with one attached hydrogen (secondary N) is 1. The number of carboxylic acid groups (broad SMARTS) is 1. The zero-order valence-electron chi connectivity index (χ0n) is 9.31. The molecule has 0 saturated carbocycles. The molecule has 0 aliphatic carbocycles. The second-order valence-electron chi connectivity index (χ2n) is 3.65. The van der Waals surface area contributed by atoms with E-state index in [1.165, 1.54) is 18.2 Å². The number of rotatable bonds is 4. The van der Waals surface area contributed by atoms with Crippen molar-refractivity contribution < 1.29 is 23.1 Å². The lowest BCUT2D eigenvalue weighted by Crippen LogP contribution is -2.22. The van der Waals surface area contributed by atoms with Gasteiger partial charge in [-0.2, -0.15) is 0 Å². The van der Waals surface area contributed by atoms with Gasteiger partial charge in [-0.25, -0.2) is 13.2 Å². The van der Waals surface area contributed by atoms with Gasteiger partial charge in [-0.05, 0) is 18.2 Å². The van der Waals surface area contributed by atoms with E-state index in [9.17, 15) is 18.0 Å². The SMILES string of the molecule is CS(=O)(=O)CC(=O)Nc1cc(Cl)cc(C(=O)O)c1. The third-order valence-corrected chi connectivity index (χ3v) is 2.83. The summed E-state index contributed by atoms with van der Waals surface area (Å²) >= 11 is 5.68. The Bertz CT molecular complexity index is 596. The molecule has 0 fully saturated rings. The quantitative estimate of drug-likeness (QED) is 0.862. The van der Waals surface area contributed by atoms with Gasteiger partial charge in [-0.3, -0.25) is 4.79 Å². The van der Waals surface area contributed by atoms with Crippen molar-refractivity contribution in [1.29, 1.82) is 0 Å². The molecule has 0 heterocycles. The predicted molar refractivity (Wildman–Crippen MR) is 66.8 cm³/mol. The van der Waals surface area contributed by atoms with Gasteiger partial charge in [0, 0.05) is 17.0 Å². The molecule has 0 atom stereocenters. The summed E-state index contributed by atoms with van der Waals surface area (Å²) in [6.07, 6.45) is 0.924. The average molecular weight is 292 g/mol. The second-order valence-corrected chi connectivity index (χ2v) is 6.23. The number of anilines is 1. The van der Waals surface area contributed by atoms with Crippen molar-refractivity contribution >= 4 is 39.0 Å². The zero-order valence-corrected chi connectivity index (χ0v) is 10.9. The molecular formula is C10H10ClNO5S. The standard InChI is InChI=1S/C10H10ClNO5S/c1-18(16,17)5-9(13)12-8-3-6(10(14)15)2-7(11)4-8/h2-4H,5H2,1H3,(H,12,13)(H,14,15). The van der Waals surface area contributed by atoms with E-state index >= 15 is 0 Å². The molecule has 2 N–H and O–H groups in total. The number of hydrogen-bond donors (Lipinski definition) is 2. The molecule has 1 aromatic carbocycles. The van der Waals surface area contributed by atoms with Gasteiger partial charge in [0.2, 0.25) is 5.91 Å². The van der Waals surface area contributed by atoms with Crippen LogP contribution in [0, 0.1) is 0 Å². The van der Waals surface area contributed by atoms with Gasteiger partial charge < -0.3 is 10.4 Å². The van der Waals surface area contributed by atoms with Crippen molar-refractivity contribution in [3.8, 4) is 0 Å². The second kappa shape index (κ2) is 5.36. The van der Waals surface area contributed by atoms with E-state index in [2.05, 4.69) is 5.32 Å². The summed E-state index contributed by atoms with van der Waals surface area (Å²) in [4.78, 5) is 22.1. The molecule has 6 nitrogen and oxygen atoms in total. The van der Waals surface area contributed by atoms with Crippen molar-refractivity contribution in [3.63, 3.8) is 0 Å². The summed E-state index contributed by atoms with van der Waals surface area (Å²) in [5.74, 6) is -2.63. The van der Waals surface area contributed by atoms with Crippen LogP contribution in [0.15, 0.2) is 18.2 Å². The van der Waals surface area contributed by atoms with Crippen molar-refractivity contribution in [2.45, 2.75) is 0 Å². The Morgan fingerprint density at radius 3 is 2.44 bits per heavy atom. The summed E-state index contributed by atoms with van der Waals surface area (Å²) in [5.41, 5.74) is 0.0331. The van der Waals surface area contributed by atoms with Crippen molar-refractivity contribution in [2.24, 2.45) is 0 Å². The first kappa shape index (κ1) is 14.5. The number of carboxylic acids is 1. The first-order valence-electron chi connectivity index (χ1n) is 4.69. The maximum absolute atomic E-state index is 11.3. The van der Waals surface area contributed by atoms with E-state index in [1.54, 1.807) is 0 Å². The van der Waals surface area contributed by atoms with Crippen LogP contribution in [0.4, 0.5) is 5.69 Å². The van der Waals surface area contributed by atoms with Crippen LogP contribution in [0.5, 0.6) is 0 Å². The van der Waals surface area contributed by atoms with Crippen LogP contribution in [0.3, 0.4) is 0 Å².